The molecule has 1 atom stereocenters. The van der Waals surface area contributed by atoms with Gasteiger partial charge in [0, 0.05) is 25.8 Å². The monoisotopic (exact) mass is 350 g/mol. The van der Waals surface area contributed by atoms with Gasteiger partial charge in [-0.25, -0.2) is 5.09 Å². The van der Waals surface area contributed by atoms with Crippen LogP contribution in [-0.2, 0) is 21.1 Å². The van der Waals surface area contributed by atoms with Gasteiger partial charge >= 0.3 is 12.3 Å². The van der Waals surface area contributed by atoms with Crippen molar-refractivity contribution in [2.24, 2.45) is 0 Å². The summed E-state index contributed by atoms with van der Waals surface area (Å²) in [5.74, 6) is 0.432. The van der Waals surface area contributed by atoms with E-state index >= 15 is 0 Å². The Hall–Kier alpha value is -1.25. The number of nitro groups is 1. The van der Waals surface area contributed by atoms with Gasteiger partial charge in [0.2, 0.25) is 5.75 Å². The van der Waals surface area contributed by atoms with Crippen LogP contribution in [0.3, 0.4) is 0 Å². The summed E-state index contributed by atoms with van der Waals surface area (Å²) in [5, 5.41) is 14.1. The van der Waals surface area contributed by atoms with Gasteiger partial charge in [0.25, 0.3) is 0 Å². The van der Waals surface area contributed by atoms with Gasteiger partial charge in [-0.05, 0) is 24.8 Å². The predicted octanol–water partition coefficient (Wildman–Crippen LogP) is 2.48. The smallest absolute Gasteiger partial charge is 0.313 e. The Morgan fingerprint density at radius 3 is 2.68 bits per heavy atom. The van der Waals surface area contributed by atoms with Crippen LogP contribution < -0.4 is 14.3 Å². The molecule has 124 valence electrons. The van der Waals surface area contributed by atoms with E-state index in [9.17, 15) is 10.1 Å². The van der Waals surface area contributed by atoms with Crippen LogP contribution in [0, 0.1) is 10.1 Å². The molecule has 0 fully saturated rings. The van der Waals surface area contributed by atoms with Crippen molar-refractivity contribution in [2.45, 2.75) is 6.92 Å². The molecule has 0 saturated heterocycles. The van der Waals surface area contributed by atoms with Gasteiger partial charge in [-0.2, -0.15) is 0 Å². The van der Waals surface area contributed by atoms with Crippen molar-refractivity contribution in [3.05, 3.63) is 28.3 Å². The molecule has 0 aliphatic heterocycles. The average molecular weight is 350 g/mol. The van der Waals surface area contributed by atoms with Gasteiger partial charge < -0.3 is 18.5 Å². The topological polar surface area (TPSA) is 92.1 Å². The molecular formula is C12H19N2O6PS. The van der Waals surface area contributed by atoms with Crippen LogP contribution in [0.4, 0.5) is 5.69 Å². The number of hydrogen-bond donors (Lipinski definition) is 1. The maximum absolute atomic E-state index is 11.1. The number of methoxy groups -OCH3 is 2. The third-order valence-corrected chi connectivity index (χ3v) is 5.07. The van der Waals surface area contributed by atoms with E-state index in [-0.39, 0.29) is 11.4 Å². The van der Waals surface area contributed by atoms with Crippen molar-refractivity contribution < 1.29 is 23.4 Å². The summed E-state index contributed by atoms with van der Waals surface area (Å²) in [7, 11) is 3.01. The molecule has 1 N–H and O–H groups in total. The van der Waals surface area contributed by atoms with Gasteiger partial charge in [0.1, 0.15) is 5.75 Å². The quantitative estimate of drug-likeness (QED) is 0.298. The van der Waals surface area contributed by atoms with E-state index in [4.69, 9.17) is 30.3 Å². The Labute approximate surface area is 134 Å². The molecule has 0 saturated carbocycles. The minimum atomic E-state index is -2.92. The maximum atomic E-state index is 11.1. The lowest BCUT2D eigenvalue weighted by molar-refractivity contribution is -0.385. The highest BCUT2D eigenvalue weighted by Gasteiger charge is 2.25. The molecular weight excluding hydrogens is 331 g/mol. The fourth-order valence-corrected chi connectivity index (χ4v) is 3.68. The van der Waals surface area contributed by atoms with Crippen LogP contribution in [0.5, 0.6) is 11.5 Å². The first-order chi connectivity index (χ1) is 10.5. The van der Waals surface area contributed by atoms with Crippen LogP contribution in [-0.4, -0.2) is 38.9 Å². The zero-order valence-corrected chi connectivity index (χ0v) is 14.3. The highest BCUT2D eigenvalue weighted by atomic mass is 32.5. The average Bonchev–Trinajstić information content (AvgIpc) is 2.47. The standard InChI is InChI=1S/C12H19N2O6PS/c1-4-19-21(22,13-7-8-17-2)20-12-9-10(18-3)5-6-11(12)14(15)16/h5-6,9H,4,7-8H2,1-3H3,(H,13,22). The lowest BCUT2D eigenvalue weighted by Crippen LogP contribution is -2.21. The van der Waals surface area contributed by atoms with Crippen LogP contribution >= 0.6 is 6.64 Å². The lowest BCUT2D eigenvalue weighted by Gasteiger charge is -2.23. The number of nitrogens with one attached hydrogen (secondary N) is 1. The van der Waals surface area contributed by atoms with E-state index in [1.54, 1.807) is 14.0 Å². The molecule has 0 radical (unpaired) electrons. The molecule has 1 rings (SSSR count). The molecule has 1 aromatic rings. The van der Waals surface area contributed by atoms with E-state index in [2.05, 4.69) is 5.09 Å². The van der Waals surface area contributed by atoms with E-state index in [1.807, 2.05) is 0 Å². The Morgan fingerprint density at radius 1 is 1.41 bits per heavy atom. The summed E-state index contributed by atoms with van der Waals surface area (Å²) in [6.07, 6.45) is 0. The Bertz CT molecular complexity index is 556. The predicted molar refractivity (Wildman–Crippen MR) is 86.1 cm³/mol. The lowest BCUT2D eigenvalue weighted by atomic mass is 10.3. The van der Waals surface area contributed by atoms with Crippen molar-refractivity contribution in [1.82, 2.24) is 5.09 Å². The molecule has 1 aromatic carbocycles. The molecule has 0 aliphatic carbocycles. The molecule has 0 amide bonds. The van der Waals surface area contributed by atoms with Crippen molar-refractivity contribution in [3.63, 3.8) is 0 Å². The zero-order chi connectivity index (χ0) is 16.6. The molecule has 0 bridgehead atoms. The third-order valence-electron chi connectivity index (χ3n) is 2.49. The van der Waals surface area contributed by atoms with E-state index in [0.29, 0.717) is 25.5 Å². The highest BCUT2D eigenvalue weighted by Crippen LogP contribution is 2.47. The molecule has 10 heteroatoms. The third kappa shape index (κ3) is 5.51. The fraction of sp³-hybridized carbons (Fsp3) is 0.500. The van der Waals surface area contributed by atoms with Crippen molar-refractivity contribution in [1.29, 1.82) is 0 Å². The minimum absolute atomic E-state index is 0.00560. The first-order valence-corrected chi connectivity index (χ1v) is 9.10. The summed E-state index contributed by atoms with van der Waals surface area (Å²) in [6, 6.07) is 4.19. The second kappa shape index (κ2) is 9.02. The molecule has 0 spiro atoms. The molecule has 22 heavy (non-hydrogen) atoms. The highest BCUT2D eigenvalue weighted by molar-refractivity contribution is 8.09. The van der Waals surface area contributed by atoms with Gasteiger partial charge in [0.05, 0.1) is 25.2 Å². The molecule has 0 aromatic heterocycles. The van der Waals surface area contributed by atoms with Crippen molar-refractivity contribution in [3.8, 4) is 11.5 Å². The first kappa shape index (κ1) is 18.8. The number of nitrogens with zero attached hydrogens (tertiary/aromatic N) is 1. The molecule has 8 nitrogen and oxygen atoms in total. The fourth-order valence-electron chi connectivity index (χ4n) is 1.53. The van der Waals surface area contributed by atoms with Crippen molar-refractivity contribution >= 4 is 24.1 Å². The number of benzene rings is 1. The Kier molecular flexibility index (Phi) is 7.70. The largest absolute Gasteiger partial charge is 0.497 e. The van der Waals surface area contributed by atoms with Crippen LogP contribution in [0.25, 0.3) is 0 Å². The van der Waals surface area contributed by atoms with E-state index < -0.39 is 11.6 Å². The Morgan fingerprint density at radius 2 is 2.14 bits per heavy atom. The zero-order valence-electron chi connectivity index (χ0n) is 12.6. The van der Waals surface area contributed by atoms with Crippen molar-refractivity contribution in [2.75, 3.05) is 34.0 Å². The second-order valence-electron chi connectivity index (χ2n) is 4.00. The minimum Gasteiger partial charge on any atom is -0.497 e. The molecule has 0 aliphatic rings. The van der Waals surface area contributed by atoms with Gasteiger partial charge in [-0.15, -0.1) is 0 Å². The number of rotatable bonds is 10. The maximum Gasteiger partial charge on any atom is 0.313 e. The van der Waals surface area contributed by atoms with Gasteiger partial charge in [0.15, 0.2) is 0 Å². The Balaban J connectivity index is 3.05. The summed E-state index contributed by atoms with van der Waals surface area (Å²) in [4.78, 5) is 10.6. The second-order valence-corrected chi connectivity index (χ2v) is 7.19. The van der Waals surface area contributed by atoms with Crippen LogP contribution in [0.1, 0.15) is 6.92 Å². The summed E-state index contributed by atoms with van der Waals surface area (Å²) >= 11 is 5.36. The van der Waals surface area contributed by atoms with E-state index in [0.717, 1.165) is 0 Å². The van der Waals surface area contributed by atoms with Gasteiger partial charge in [-0.1, -0.05) is 0 Å². The van der Waals surface area contributed by atoms with E-state index in [1.165, 1.54) is 25.3 Å². The number of hydrogen-bond acceptors (Lipinski definition) is 7. The van der Waals surface area contributed by atoms with Crippen LogP contribution in [0.2, 0.25) is 0 Å². The normalized spacial score (nSPS) is 13.4. The summed E-state index contributed by atoms with van der Waals surface area (Å²) in [6.45, 7) is -0.0238. The molecule has 1 unspecified atom stereocenters. The summed E-state index contributed by atoms with van der Waals surface area (Å²) < 4.78 is 21.1. The number of nitro benzene ring substituents is 1. The summed E-state index contributed by atoms with van der Waals surface area (Å²) in [5.41, 5.74) is -0.205. The first-order valence-electron chi connectivity index (χ1n) is 6.46. The number of ether oxygens (including phenoxy) is 2. The SMILES string of the molecule is CCOP(=S)(NCCOC)Oc1cc(OC)ccc1[N+](=O)[O-]. The molecule has 0 heterocycles. The van der Waals surface area contributed by atoms with Crippen LogP contribution in [0.15, 0.2) is 18.2 Å². The van der Waals surface area contributed by atoms with Gasteiger partial charge in [-0.3, -0.25) is 10.1 Å².